The molecule has 1 N–H and O–H groups in total. The Bertz CT molecular complexity index is 931. The molecule has 0 saturated carbocycles. The highest BCUT2D eigenvalue weighted by molar-refractivity contribution is 9.10. The SMILES string of the molecule is CCOCc1cccc(NC(=O)c2cccnc2Oc2cccc(Br)c2)c1. The third kappa shape index (κ3) is 5.39. The van der Waals surface area contributed by atoms with E-state index in [0.29, 0.717) is 30.2 Å². The lowest BCUT2D eigenvalue weighted by Gasteiger charge is -2.11. The number of ether oxygens (including phenoxy) is 2. The summed E-state index contributed by atoms with van der Waals surface area (Å²) in [5.74, 6) is 0.552. The minimum absolute atomic E-state index is 0.249. The number of anilines is 1. The first-order valence-electron chi connectivity index (χ1n) is 8.52. The first kappa shape index (κ1) is 19.1. The number of benzene rings is 2. The van der Waals surface area contributed by atoms with Gasteiger partial charge in [-0.1, -0.05) is 34.1 Å². The number of amides is 1. The Morgan fingerprint density at radius 3 is 2.78 bits per heavy atom. The highest BCUT2D eigenvalue weighted by Crippen LogP contribution is 2.26. The molecular weight excluding hydrogens is 408 g/mol. The monoisotopic (exact) mass is 426 g/mol. The molecule has 27 heavy (non-hydrogen) atoms. The van der Waals surface area contributed by atoms with Gasteiger partial charge in [0, 0.05) is 23.0 Å². The lowest BCUT2D eigenvalue weighted by atomic mass is 10.2. The van der Waals surface area contributed by atoms with E-state index in [9.17, 15) is 4.79 Å². The lowest BCUT2D eigenvalue weighted by Crippen LogP contribution is -2.13. The van der Waals surface area contributed by atoms with Crippen LogP contribution in [0.2, 0.25) is 0 Å². The van der Waals surface area contributed by atoms with Crippen molar-refractivity contribution in [3.8, 4) is 11.6 Å². The number of halogens is 1. The molecule has 0 saturated heterocycles. The predicted octanol–water partition coefficient (Wildman–Crippen LogP) is 5.43. The van der Waals surface area contributed by atoms with E-state index in [0.717, 1.165) is 10.0 Å². The Labute approximate surface area is 166 Å². The highest BCUT2D eigenvalue weighted by Gasteiger charge is 2.15. The summed E-state index contributed by atoms with van der Waals surface area (Å²) in [6, 6.07) is 18.3. The van der Waals surface area contributed by atoms with Crippen molar-refractivity contribution < 1.29 is 14.3 Å². The van der Waals surface area contributed by atoms with Crippen molar-refractivity contribution in [2.24, 2.45) is 0 Å². The van der Waals surface area contributed by atoms with Gasteiger partial charge >= 0.3 is 0 Å². The topological polar surface area (TPSA) is 60.5 Å². The van der Waals surface area contributed by atoms with Crippen LogP contribution in [0.1, 0.15) is 22.8 Å². The maximum absolute atomic E-state index is 12.7. The van der Waals surface area contributed by atoms with Crippen LogP contribution in [0.5, 0.6) is 11.6 Å². The second-order valence-electron chi connectivity index (χ2n) is 5.71. The molecule has 1 heterocycles. The lowest BCUT2D eigenvalue weighted by molar-refractivity contribution is 0.102. The van der Waals surface area contributed by atoms with Crippen molar-refractivity contribution in [2.45, 2.75) is 13.5 Å². The zero-order valence-electron chi connectivity index (χ0n) is 14.8. The van der Waals surface area contributed by atoms with Crippen LogP contribution in [0.15, 0.2) is 71.3 Å². The molecular formula is C21H19BrN2O3. The number of hydrogen-bond acceptors (Lipinski definition) is 4. The molecule has 0 atom stereocenters. The third-order valence-electron chi connectivity index (χ3n) is 3.68. The molecule has 0 unspecified atom stereocenters. The van der Waals surface area contributed by atoms with E-state index in [1.807, 2.05) is 49.4 Å². The number of carbonyl (C=O) groups is 1. The second-order valence-corrected chi connectivity index (χ2v) is 6.62. The Hall–Kier alpha value is -2.70. The number of rotatable bonds is 7. The van der Waals surface area contributed by atoms with E-state index in [1.165, 1.54) is 0 Å². The smallest absolute Gasteiger partial charge is 0.261 e. The zero-order valence-corrected chi connectivity index (χ0v) is 16.4. The van der Waals surface area contributed by atoms with E-state index in [2.05, 4.69) is 26.2 Å². The minimum Gasteiger partial charge on any atom is -0.438 e. The van der Waals surface area contributed by atoms with Gasteiger partial charge < -0.3 is 14.8 Å². The van der Waals surface area contributed by atoms with Gasteiger partial charge in [-0.2, -0.15) is 0 Å². The number of pyridine rings is 1. The van der Waals surface area contributed by atoms with Gasteiger partial charge in [-0.05, 0) is 55.0 Å². The number of nitrogens with one attached hydrogen (secondary N) is 1. The molecule has 0 aliphatic rings. The molecule has 0 fully saturated rings. The average Bonchev–Trinajstić information content (AvgIpc) is 2.67. The Morgan fingerprint density at radius 2 is 1.96 bits per heavy atom. The average molecular weight is 427 g/mol. The fourth-order valence-electron chi connectivity index (χ4n) is 2.44. The molecule has 0 aliphatic carbocycles. The largest absolute Gasteiger partial charge is 0.438 e. The summed E-state index contributed by atoms with van der Waals surface area (Å²) >= 11 is 3.40. The van der Waals surface area contributed by atoms with Crippen molar-refractivity contribution in [2.75, 3.05) is 11.9 Å². The third-order valence-corrected chi connectivity index (χ3v) is 4.18. The van der Waals surface area contributed by atoms with Crippen LogP contribution < -0.4 is 10.1 Å². The van der Waals surface area contributed by atoms with Gasteiger partial charge in [0.25, 0.3) is 5.91 Å². The molecule has 0 radical (unpaired) electrons. The van der Waals surface area contributed by atoms with E-state index in [1.54, 1.807) is 24.4 Å². The van der Waals surface area contributed by atoms with Crippen molar-refractivity contribution >= 4 is 27.5 Å². The van der Waals surface area contributed by atoms with Crippen molar-refractivity contribution in [1.29, 1.82) is 0 Å². The van der Waals surface area contributed by atoms with Crippen LogP contribution in [0.4, 0.5) is 5.69 Å². The molecule has 0 spiro atoms. The molecule has 3 rings (SSSR count). The minimum atomic E-state index is -0.290. The highest BCUT2D eigenvalue weighted by atomic mass is 79.9. The standard InChI is InChI=1S/C21H19BrN2O3/c1-2-26-14-15-6-3-8-17(12-15)24-20(25)19-10-5-11-23-21(19)27-18-9-4-7-16(22)13-18/h3-13H,2,14H2,1H3,(H,24,25). The summed E-state index contributed by atoms with van der Waals surface area (Å²) in [7, 11) is 0. The number of nitrogens with zero attached hydrogens (tertiary/aromatic N) is 1. The van der Waals surface area contributed by atoms with Gasteiger partial charge in [0.2, 0.25) is 5.88 Å². The number of carbonyl (C=O) groups excluding carboxylic acids is 1. The maximum Gasteiger partial charge on any atom is 0.261 e. The second kappa shape index (κ2) is 9.30. The van der Waals surface area contributed by atoms with Gasteiger partial charge in [-0.15, -0.1) is 0 Å². The van der Waals surface area contributed by atoms with Crippen LogP contribution in [0, 0.1) is 0 Å². The summed E-state index contributed by atoms with van der Waals surface area (Å²) in [6.07, 6.45) is 1.59. The van der Waals surface area contributed by atoms with E-state index in [4.69, 9.17) is 9.47 Å². The van der Waals surface area contributed by atoms with Crippen molar-refractivity contribution in [3.05, 3.63) is 82.5 Å². The summed E-state index contributed by atoms with van der Waals surface area (Å²) in [6.45, 7) is 3.09. The molecule has 3 aromatic rings. The van der Waals surface area contributed by atoms with Gasteiger partial charge in [0.05, 0.1) is 6.61 Å². The Kier molecular flexibility index (Phi) is 6.57. The first-order chi connectivity index (χ1) is 13.2. The summed E-state index contributed by atoms with van der Waals surface area (Å²) < 4.78 is 12.1. The summed E-state index contributed by atoms with van der Waals surface area (Å²) in [5, 5.41) is 2.89. The predicted molar refractivity (Wildman–Crippen MR) is 108 cm³/mol. The van der Waals surface area contributed by atoms with Gasteiger partial charge in [-0.25, -0.2) is 4.98 Å². The zero-order chi connectivity index (χ0) is 19.1. The van der Waals surface area contributed by atoms with Crippen LogP contribution >= 0.6 is 15.9 Å². The molecule has 2 aromatic carbocycles. The molecule has 138 valence electrons. The molecule has 1 aromatic heterocycles. The Balaban J connectivity index is 1.77. The number of hydrogen-bond donors (Lipinski definition) is 1. The van der Waals surface area contributed by atoms with E-state index >= 15 is 0 Å². The van der Waals surface area contributed by atoms with Gasteiger partial charge in [0.15, 0.2) is 0 Å². The van der Waals surface area contributed by atoms with E-state index < -0.39 is 0 Å². The fraction of sp³-hybridized carbons (Fsp3) is 0.143. The Morgan fingerprint density at radius 1 is 1.11 bits per heavy atom. The summed E-state index contributed by atoms with van der Waals surface area (Å²) in [4.78, 5) is 17.0. The van der Waals surface area contributed by atoms with Crippen molar-refractivity contribution in [3.63, 3.8) is 0 Å². The van der Waals surface area contributed by atoms with Crippen LogP contribution in [-0.4, -0.2) is 17.5 Å². The quantitative estimate of drug-likeness (QED) is 0.547. The fourth-order valence-corrected chi connectivity index (χ4v) is 2.82. The normalized spacial score (nSPS) is 10.4. The molecule has 0 aliphatic heterocycles. The molecule has 5 nitrogen and oxygen atoms in total. The van der Waals surface area contributed by atoms with Gasteiger partial charge in [0.1, 0.15) is 11.3 Å². The van der Waals surface area contributed by atoms with Crippen LogP contribution in [-0.2, 0) is 11.3 Å². The summed E-state index contributed by atoms with van der Waals surface area (Å²) in [5.41, 5.74) is 2.04. The maximum atomic E-state index is 12.7. The molecule has 0 bridgehead atoms. The molecule has 6 heteroatoms. The van der Waals surface area contributed by atoms with Gasteiger partial charge in [-0.3, -0.25) is 4.79 Å². The van der Waals surface area contributed by atoms with Crippen molar-refractivity contribution in [1.82, 2.24) is 4.98 Å². The van der Waals surface area contributed by atoms with Crippen LogP contribution in [0.3, 0.4) is 0 Å². The number of aromatic nitrogens is 1. The van der Waals surface area contributed by atoms with Crippen LogP contribution in [0.25, 0.3) is 0 Å². The first-order valence-corrected chi connectivity index (χ1v) is 9.31. The van der Waals surface area contributed by atoms with E-state index in [-0.39, 0.29) is 11.8 Å². The molecule has 1 amide bonds.